The van der Waals surface area contributed by atoms with Crippen molar-refractivity contribution in [3.8, 4) is 0 Å². The predicted octanol–water partition coefficient (Wildman–Crippen LogP) is 1.09. The topological polar surface area (TPSA) is 21.3 Å². The summed E-state index contributed by atoms with van der Waals surface area (Å²) in [6.45, 7) is 0.736. The Labute approximate surface area is 50.9 Å². The fourth-order valence-electron chi connectivity index (χ4n) is 0.235. The number of hydroxylamine groups is 1. The molecule has 0 bridgehead atoms. The Morgan fingerprint density at radius 1 is 1.44 bits per heavy atom. The Morgan fingerprint density at radius 2 is 2.00 bits per heavy atom. The molecule has 0 fully saturated rings. The van der Waals surface area contributed by atoms with Crippen LogP contribution in [0.3, 0.4) is 0 Å². The highest BCUT2D eigenvalue weighted by molar-refractivity contribution is 4.47. The molecule has 0 saturated heterocycles. The van der Waals surface area contributed by atoms with Gasteiger partial charge in [-0.25, -0.2) is 0 Å². The molecule has 1 N–H and O–H groups in total. The molecule has 0 saturated carbocycles. The van der Waals surface area contributed by atoms with Gasteiger partial charge in [-0.1, -0.05) is 0 Å². The molecule has 5 heteroatoms. The Morgan fingerprint density at radius 3 is 2.33 bits per heavy atom. The van der Waals surface area contributed by atoms with Crippen LogP contribution < -0.4 is 5.48 Å². The maximum Gasteiger partial charge on any atom is 0.403 e. The van der Waals surface area contributed by atoms with Crippen LogP contribution in [0, 0.1) is 0 Å². The fraction of sp³-hybridized carbons (Fsp3) is 1.00. The van der Waals surface area contributed by atoms with Crippen LogP contribution in [0.1, 0.15) is 6.92 Å². The van der Waals surface area contributed by atoms with Crippen LogP contribution in [0.25, 0.3) is 0 Å². The molecule has 0 amide bonds. The molecular formula is C4H8F3NO. The molecular weight excluding hydrogens is 135 g/mol. The summed E-state index contributed by atoms with van der Waals surface area (Å²) in [5, 5.41) is 0. The molecule has 56 valence electrons. The number of alkyl halides is 3. The third-order valence-electron chi connectivity index (χ3n) is 0.519. The molecule has 0 radical (unpaired) electrons. The zero-order chi connectivity index (χ0) is 7.33. The molecule has 0 unspecified atom stereocenters. The molecule has 0 aliphatic rings. The summed E-state index contributed by atoms with van der Waals surface area (Å²) in [7, 11) is 0. The van der Waals surface area contributed by atoms with Gasteiger partial charge < -0.3 is 4.84 Å². The third-order valence-corrected chi connectivity index (χ3v) is 0.519. The summed E-state index contributed by atoms with van der Waals surface area (Å²) in [6, 6.07) is 0. The van der Waals surface area contributed by atoms with Gasteiger partial charge in [0.25, 0.3) is 0 Å². The Bertz CT molecular complexity index is 72.7. The van der Waals surface area contributed by atoms with Crippen molar-refractivity contribution in [3.63, 3.8) is 0 Å². The zero-order valence-corrected chi connectivity index (χ0v) is 4.96. The quantitative estimate of drug-likeness (QED) is 0.471. The van der Waals surface area contributed by atoms with Crippen LogP contribution in [-0.4, -0.2) is 19.3 Å². The number of halogens is 3. The molecule has 0 rings (SSSR count). The van der Waals surface area contributed by atoms with E-state index in [9.17, 15) is 13.2 Å². The van der Waals surface area contributed by atoms with Crippen molar-refractivity contribution in [3.05, 3.63) is 0 Å². The lowest BCUT2D eigenvalue weighted by Crippen LogP contribution is -2.28. The highest BCUT2D eigenvalue weighted by Crippen LogP contribution is 2.11. The van der Waals surface area contributed by atoms with E-state index in [4.69, 9.17) is 0 Å². The molecule has 9 heavy (non-hydrogen) atoms. The second-order valence-corrected chi connectivity index (χ2v) is 1.37. The average molecular weight is 143 g/mol. The molecule has 0 atom stereocenters. The van der Waals surface area contributed by atoms with Gasteiger partial charge in [0, 0.05) is 0 Å². The lowest BCUT2D eigenvalue weighted by molar-refractivity contribution is -0.148. The molecule has 0 spiro atoms. The molecule has 0 aliphatic heterocycles. The minimum atomic E-state index is -4.19. The van der Waals surface area contributed by atoms with Gasteiger partial charge in [0.2, 0.25) is 0 Å². The van der Waals surface area contributed by atoms with Crippen molar-refractivity contribution in [1.82, 2.24) is 5.48 Å². The number of nitrogens with one attached hydrogen (secondary N) is 1. The van der Waals surface area contributed by atoms with E-state index in [1.165, 1.54) is 0 Å². The monoisotopic (exact) mass is 143 g/mol. The minimum Gasteiger partial charge on any atom is -0.302 e. The second kappa shape index (κ2) is 3.68. The number of hydrogen-bond acceptors (Lipinski definition) is 2. The highest BCUT2D eigenvalue weighted by atomic mass is 19.4. The maximum absolute atomic E-state index is 11.2. The van der Waals surface area contributed by atoms with Crippen molar-refractivity contribution in [1.29, 1.82) is 0 Å². The van der Waals surface area contributed by atoms with Crippen molar-refractivity contribution in [2.24, 2.45) is 0 Å². The first-order valence-electron chi connectivity index (χ1n) is 2.47. The standard InChI is InChI=1S/C4H8F3NO/c1-2-9-8-3-4(5,6)7/h8H,2-3H2,1H3. The first-order valence-corrected chi connectivity index (χ1v) is 2.47. The zero-order valence-electron chi connectivity index (χ0n) is 4.96. The van der Waals surface area contributed by atoms with Gasteiger partial charge in [-0.05, 0) is 6.92 Å². The van der Waals surface area contributed by atoms with E-state index in [0.717, 1.165) is 0 Å². The lowest BCUT2D eigenvalue weighted by atomic mass is 10.7. The first kappa shape index (κ1) is 8.71. The summed E-state index contributed by atoms with van der Waals surface area (Å²) in [5.41, 5.74) is 1.75. The number of rotatable bonds is 3. The molecule has 0 heterocycles. The van der Waals surface area contributed by atoms with Gasteiger partial charge in [-0.3, -0.25) is 0 Å². The van der Waals surface area contributed by atoms with Crippen LogP contribution in [-0.2, 0) is 4.84 Å². The maximum atomic E-state index is 11.2. The summed E-state index contributed by atoms with van der Waals surface area (Å²) in [6.07, 6.45) is -4.19. The first-order chi connectivity index (χ1) is 4.06. The van der Waals surface area contributed by atoms with E-state index < -0.39 is 12.7 Å². The summed E-state index contributed by atoms with van der Waals surface area (Å²) < 4.78 is 33.7. The molecule has 0 aromatic heterocycles. The van der Waals surface area contributed by atoms with Gasteiger partial charge in [0.15, 0.2) is 0 Å². The van der Waals surface area contributed by atoms with Crippen LogP contribution in [0.2, 0.25) is 0 Å². The van der Waals surface area contributed by atoms with E-state index >= 15 is 0 Å². The van der Waals surface area contributed by atoms with Gasteiger partial charge in [0.1, 0.15) is 6.54 Å². The van der Waals surface area contributed by atoms with Gasteiger partial charge in [-0.15, -0.1) is 0 Å². The Balaban J connectivity index is 3.07. The van der Waals surface area contributed by atoms with Crippen LogP contribution >= 0.6 is 0 Å². The second-order valence-electron chi connectivity index (χ2n) is 1.37. The Hall–Kier alpha value is -0.290. The van der Waals surface area contributed by atoms with Gasteiger partial charge in [0.05, 0.1) is 6.61 Å². The van der Waals surface area contributed by atoms with Gasteiger partial charge in [-0.2, -0.15) is 18.7 Å². The highest BCUT2D eigenvalue weighted by Gasteiger charge is 2.26. The predicted molar refractivity (Wildman–Crippen MR) is 25.7 cm³/mol. The van der Waals surface area contributed by atoms with E-state index in [1.807, 2.05) is 0 Å². The van der Waals surface area contributed by atoms with E-state index in [-0.39, 0.29) is 6.61 Å². The lowest BCUT2D eigenvalue weighted by Gasteiger charge is -2.05. The van der Waals surface area contributed by atoms with E-state index in [2.05, 4.69) is 4.84 Å². The average Bonchev–Trinajstić information content (AvgIpc) is 1.63. The number of hydrogen-bond donors (Lipinski definition) is 1. The third kappa shape index (κ3) is 7.71. The van der Waals surface area contributed by atoms with E-state index in [0.29, 0.717) is 0 Å². The Kier molecular flexibility index (Phi) is 3.56. The van der Waals surface area contributed by atoms with Crippen molar-refractivity contribution < 1.29 is 18.0 Å². The van der Waals surface area contributed by atoms with Crippen molar-refractivity contribution in [2.45, 2.75) is 13.1 Å². The van der Waals surface area contributed by atoms with Gasteiger partial charge >= 0.3 is 6.18 Å². The molecule has 0 aromatic carbocycles. The van der Waals surface area contributed by atoms with Crippen LogP contribution in [0.4, 0.5) is 13.2 Å². The summed E-state index contributed by atoms with van der Waals surface area (Å²) >= 11 is 0. The minimum absolute atomic E-state index is 0.232. The summed E-state index contributed by atoms with van der Waals surface area (Å²) in [5.74, 6) is 0. The van der Waals surface area contributed by atoms with Crippen molar-refractivity contribution >= 4 is 0 Å². The molecule has 0 aliphatic carbocycles. The van der Waals surface area contributed by atoms with E-state index in [1.54, 1.807) is 12.4 Å². The molecule has 2 nitrogen and oxygen atoms in total. The SMILES string of the molecule is CCONCC(F)(F)F. The van der Waals surface area contributed by atoms with Crippen molar-refractivity contribution in [2.75, 3.05) is 13.2 Å². The van der Waals surface area contributed by atoms with Crippen LogP contribution in [0.15, 0.2) is 0 Å². The summed E-state index contributed by atoms with van der Waals surface area (Å²) in [4.78, 5) is 4.24. The normalized spacial score (nSPS) is 12.0. The molecule has 0 aromatic rings. The smallest absolute Gasteiger partial charge is 0.302 e. The largest absolute Gasteiger partial charge is 0.403 e. The van der Waals surface area contributed by atoms with Crippen LogP contribution in [0.5, 0.6) is 0 Å². The fourth-order valence-corrected chi connectivity index (χ4v) is 0.235.